The molecule has 1 aromatic rings. The molecule has 0 unspecified atom stereocenters. The first-order valence-corrected chi connectivity index (χ1v) is 21.2. The summed E-state index contributed by atoms with van der Waals surface area (Å²) in [7, 11) is 0. The maximum absolute atomic E-state index is 13.8. The van der Waals surface area contributed by atoms with Crippen molar-refractivity contribution in [3.63, 3.8) is 0 Å². The van der Waals surface area contributed by atoms with E-state index in [-0.39, 0.29) is 25.8 Å². The highest BCUT2D eigenvalue weighted by Crippen LogP contribution is 2.12. The summed E-state index contributed by atoms with van der Waals surface area (Å²) in [6.07, 6.45) is -3.69. The standard InChI is InChI=1S/C41H64N10O15/c1-5-20(2)32(50-34(58)21(3)45-35(59)24(43)18-31(56)57)39(63)49-28(19-29(44)53)38(62)51-33(22(4)52)40(64)46-25(14-15-30(54)55)36(60)48-27(17-23-11-7-6-8-12-23)37(61)47-26(41(65)66)13-9-10-16-42/h6-8,11-12,20-22,24-28,32-33,52H,5,9-10,13-19,42-43H2,1-4H3,(H2,44,53)(H,45,59)(H,46,64)(H,47,61)(H,48,60)(H,49,63)(H,50,58)(H,51,62)(H,54,55)(H,56,57)(H,65,66)/t20-,21-,22+,24-,25-,26-,27-,28-,32-,33-/m0/s1. The predicted octanol–water partition coefficient (Wildman–Crippen LogP) is -4.17. The Hall–Kier alpha value is -6.73. The number of hydrogen-bond acceptors (Lipinski definition) is 14. The van der Waals surface area contributed by atoms with Crippen molar-refractivity contribution in [1.29, 1.82) is 0 Å². The molecule has 0 saturated heterocycles. The maximum atomic E-state index is 13.8. The van der Waals surface area contributed by atoms with E-state index in [1.807, 2.05) is 0 Å². The molecule has 17 N–H and O–H groups in total. The number of aliphatic hydroxyl groups is 1. The second-order valence-electron chi connectivity index (χ2n) is 15.7. The fourth-order valence-corrected chi connectivity index (χ4v) is 6.13. The van der Waals surface area contributed by atoms with Crippen molar-refractivity contribution >= 4 is 65.2 Å². The smallest absolute Gasteiger partial charge is 0.326 e. The van der Waals surface area contributed by atoms with Gasteiger partial charge in [0.1, 0.15) is 42.3 Å². The van der Waals surface area contributed by atoms with Crippen molar-refractivity contribution in [2.45, 2.75) is 140 Å². The first kappa shape index (κ1) is 57.3. The molecule has 66 heavy (non-hydrogen) atoms. The number of rotatable bonds is 31. The van der Waals surface area contributed by atoms with Crippen molar-refractivity contribution in [2.75, 3.05) is 6.54 Å². The highest BCUT2D eigenvalue weighted by molar-refractivity contribution is 5.99. The molecule has 1 aromatic carbocycles. The van der Waals surface area contributed by atoms with Gasteiger partial charge in [0.25, 0.3) is 0 Å². The summed E-state index contributed by atoms with van der Waals surface area (Å²) in [5.41, 5.74) is 17.0. The Labute approximate surface area is 380 Å². The molecule has 1 rings (SSSR count). The normalized spacial score (nSPS) is 15.5. The minimum Gasteiger partial charge on any atom is -0.481 e. The van der Waals surface area contributed by atoms with Gasteiger partial charge >= 0.3 is 17.9 Å². The number of aliphatic hydroxyl groups excluding tert-OH is 1. The van der Waals surface area contributed by atoms with Gasteiger partial charge in [0.05, 0.1) is 25.0 Å². The van der Waals surface area contributed by atoms with Gasteiger partial charge in [-0.05, 0) is 57.6 Å². The zero-order chi connectivity index (χ0) is 50.3. The maximum Gasteiger partial charge on any atom is 0.326 e. The van der Waals surface area contributed by atoms with Crippen LogP contribution in [0.15, 0.2) is 30.3 Å². The molecule has 0 heterocycles. The van der Waals surface area contributed by atoms with Gasteiger partial charge in [0.15, 0.2) is 0 Å². The summed E-state index contributed by atoms with van der Waals surface area (Å²) in [4.78, 5) is 140. The molecule has 0 aliphatic heterocycles. The summed E-state index contributed by atoms with van der Waals surface area (Å²) in [6.45, 7) is 5.79. The topological polar surface area (TPSA) is 431 Å². The van der Waals surface area contributed by atoms with Crippen LogP contribution in [-0.2, 0) is 59.2 Å². The first-order valence-electron chi connectivity index (χ1n) is 21.2. The fraction of sp³-hybridized carbons (Fsp3) is 0.585. The number of primary amides is 1. The quantitative estimate of drug-likeness (QED) is 0.0314. The summed E-state index contributed by atoms with van der Waals surface area (Å²) in [5, 5.41) is 55.0. The van der Waals surface area contributed by atoms with E-state index in [0.29, 0.717) is 18.4 Å². The van der Waals surface area contributed by atoms with Crippen LogP contribution in [0.2, 0.25) is 0 Å². The molecule has 25 nitrogen and oxygen atoms in total. The van der Waals surface area contributed by atoms with Crippen LogP contribution in [0.3, 0.4) is 0 Å². The lowest BCUT2D eigenvalue weighted by atomic mass is 9.97. The average molecular weight is 937 g/mol. The van der Waals surface area contributed by atoms with Gasteiger partial charge in [-0.15, -0.1) is 0 Å². The molecule has 0 bridgehead atoms. The van der Waals surface area contributed by atoms with E-state index in [1.54, 1.807) is 44.2 Å². The second-order valence-corrected chi connectivity index (χ2v) is 15.7. The van der Waals surface area contributed by atoms with E-state index in [4.69, 9.17) is 22.3 Å². The second kappa shape index (κ2) is 28.9. The molecule has 0 radical (unpaired) electrons. The molecule has 368 valence electrons. The van der Waals surface area contributed by atoms with Crippen LogP contribution in [-0.4, -0.2) is 147 Å². The van der Waals surface area contributed by atoms with Gasteiger partial charge in [-0.2, -0.15) is 0 Å². The summed E-state index contributed by atoms with van der Waals surface area (Å²) in [5.74, 6) is -13.3. The molecule has 0 aliphatic rings. The molecule has 0 spiro atoms. The minimum absolute atomic E-state index is 0.0158. The Kier molecular flexibility index (Phi) is 25.1. The molecular formula is C41H64N10O15. The Morgan fingerprint density at radius 2 is 1.12 bits per heavy atom. The number of unbranched alkanes of at least 4 members (excludes halogenated alkanes) is 1. The van der Waals surface area contributed by atoms with Crippen molar-refractivity contribution in [2.24, 2.45) is 23.1 Å². The SMILES string of the molecule is CC[C@H](C)[C@H](NC(=O)[C@H](C)NC(=O)[C@@H](N)CC(=O)O)C(=O)N[C@@H](CC(N)=O)C(=O)N[C@H](C(=O)N[C@@H](CCC(=O)O)C(=O)N[C@@H](Cc1ccccc1)C(=O)N[C@@H](CCCCN)C(=O)O)[C@@H](C)O. The molecule has 0 saturated carbocycles. The Balaban J connectivity index is 3.39. The van der Waals surface area contributed by atoms with Gasteiger partial charge in [0.2, 0.25) is 47.3 Å². The first-order chi connectivity index (χ1) is 30.9. The van der Waals surface area contributed by atoms with E-state index in [2.05, 4.69) is 37.2 Å². The van der Waals surface area contributed by atoms with E-state index in [9.17, 15) is 68.1 Å². The highest BCUT2D eigenvalue weighted by Gasteiger charge is 2.37. The van der Waals surface area contributed by atoms with Crippen LogP contribution in [0, 0.1) is 5.92 Å². The van der Waals surface area contributed by atoms with Crippen LogP contribution in [0.4, 0.5) is 0 Å². The number of carboxylic acids is 3. The number of carboxylic acid groups (broad SMARTS) is 3. The lowest BCUT2D eigenvalue weighted by Crippen LogP contribution is -2.62. The third-order valence-corrected chi connectivity index (χ3v) is 10.1. The number of carbonyl (C=O) groups is 11. The minimum atomic E-state index is -1.94. The third kappa shape index (κ3) is 20.8. The van der Waals surface area contributed by atoms with Crippen LogP contribution in [0.1, 0.15) is 84.6 Å². The Morgan fingerprint density at radius 3 is 1.65 bits per heavy atom. The number of hydrogen-bond donors (Lipinski definition) is 14. The Morgan fingerprint density at radius 1 is 0.591 bits per heavy atom. The van der Waals surface area contributed by atoms with Crippen molar-refractivity contribution in [1.82, 2.24) is 37.2 Å². The molecule has 25 heteroatoms. The van der Waals surface area contributed by atoms with E-state index in [1.165, 1.54) is 6.92 Å². The van der Waals surface area contributed by atoms with Gasteiger partial charge < -0.3 is 74.8 Å². The monoisotopic (exact) mass is 936 g/mol. The van der Waals surface area contributed by atoms with Crippen molar-refractivity contribution < 1.29 is 73.2 Å². The van der Waals surface area contributed by atoms with Crippen LogP contribution in [0.25, 0.3) is 0 Å². The van der Waals surface area contributed by atoms with E-state index in [0.717, 1.165) is 6.92 Å². The van der Waals surface area contributed by atoms with Crippen molar-refractivity contribution in [3.05, 3.63) is 35.9 Å². The molecule has 0 fully saturated rings. The highest BCUT2D eigenvalue weighted by atomic mass is 16.4. The summed E-state index contributed by atoms with van der Waals surface area (Å²) < 4.78 is 0. The van der Waals surface area contributed by atoms with Gasteiger partial charge in [-0.1, -0.05) is 50.6 Å². The van der Waals surface area contributed by atoms with E-state index < -0.39 is 151 Å². The molecular weight excluding hydrogens is 873 g/mol. The molecule has 10 atom stereocenters. The average Bonchev–Trinajstić information content (AvgIpc) is 3.24. The molecule has 0 aromatic heterocycles. The van der Waals surface area contributed by atoms with Crippen molar-refractivity contribution in [3.8, 4) is 0 Å². The summed E-state index contributed by atoms with van der Waals surface area (Å²) in [6, 6.07) is -4.33. The number of aliphatic carboxylic acids is 3. The Bertz CT molecular complexity index is 1870. The molecule has 0 aliphatic carbocycles. The zero-order valence-electron chi connectivity index (χ0n) is 37.2. The van der Waals surface area contributed by atoms with Crippen LogP contribution >= 0.6 is 0 Å². The van der Waals surface area contributed by atoms with Crippen LogP contribution in [0.5, 0.6) is 0 Å². The van der Waals surface area contributed by atoms with E-state index >= 15 is 0 Å². The summed E-state index contributed by atoms with van der Waals surface area (Å²) >= 11 is 0. The van der Waals surface area contributed by atoms with Crippen LogP contribution < -0.4 is 54.4 Å². The number of nitrogens with two attached hydrogens (primary N) is 3. The predicted molar refractivity (Wildman–Crippen MR) is 232 cm³/mol. The largest absolute Gasteiger partial charge is 0.481 e. The number of benzene rings is 1. The number of amides is 8. The molecule has 8 amide bonds. The lowest BCUT2D eigenvalue weighted by Gasteiger charge is -2.29. The third-order valence-electron chi connectivity index (χ3n) is 10.1. The number of carbonyl (C=O) groups excluding carboxylic acids is 8. The van der Waals surface area contributed by atoms with Gasteiger partial charge in [-0.3, -0.25) is 47.9 Å². The zero-order valence-corrected chi connectivity index (χ0v) is 37.2. The fourth-order valence-electron chi connectivity index (χ4n) is 6.13. The van der Waals surface area contributed by atoms with Gasteiger partial charge in [-0.25, -0.2) is 4.79 Å². The van der Waals surface area contributed by atoms with Gasteiger partial charge in [0, 0.05) is 12.8 Å². The number of nitrogens with one attached hydrogen (secondary N) is 7. The lowest BCUT2D eigenvalue weighted by molar-refractivity contribution is -0.142.